The Morgan fingerprint density at radius 1 is 1.40 bits per heavy atom. The van der Waals surface area contributed by atoms with Gasteiger partial charge < -0.3 is 20.2 Å². The van der Waals surface area contributed by atoms with Crippen LogP contribution < -0.4 is 16.0 Å². The number of hydrogen-bond acceptors (Lipinski definition) is 5. The van der Waals surface area contributed by atoms with Gasteiger partial charge in [0.1, 0.15) is 11.3 Å². The first-order valence-corrected chi connectivity index (χ1v) is 8.14. The molecule has 1 aromatic heterocycles. The van der Waals surface area contributed by atoms with Crippen LogP contribution in [0.5, 0.6) is 5.75 Å². The van der Waals surface area contributed by atoms with Gasteiger partial charge in [-0.3, -0.25) is 4.79 Å². The molecule has 2 heterocycles. The van der Waals surface area contributed by atoms with Gasteiger partial charge in [0, 0.05) is 16.8 Å². The molecule has 1 aliphatic rings. The Morgan fingerprint density at radius 2 is 2.12 bits per heavy atom. The molecule has 130 valence electrons. The Morgan fingerprint density at radius 3 is 2.80 bits per heavy atom. The minimum atomic E-state index is -0.777. The molecule has 0 aliphatic carbocycles. The average molecular weight is 361 g/mol. The van der Waals surface area contributed by atoms with Crippen molar-refractivity contribution < 1.29 is 14.3 Å². The molecular formula is C18H17ClN2O4. The fourth-order valence-electron chi connectivity index (χ4n) is 2.93. The zero-order valence-electron chi connectivity index (χ0n) is 13.8. The van der Waals surface area contributed by atoms with Crippen LogP contribution in [-0.2, 0) is 9.53 Å². The molecule has 1 atom stereocenters. The Kier molecular flexibility index (Phi) is 4.55. The number of hydrogen-bond donors (Lipinski definition) is 2. The predicted octanol–water partition coefficient (Wildman–Crippen LogP) is 2.59. The zero-order valence-corrected chi connectivity index (χ0v) is 14.5. The van der Waals surface area contributed by atoms with Gasteiger partial charge in [-0.15, -0.1) is 0 Å². The van der Waals surface area contributed by atoms with Crippen LogP contribution >= 0.6 is 11.6 Å². The van der Waals surface area contributed by atoms with Gasteiger partial charge >= 0.3 is 5.97 Å². The SMILES string of the molecule is CCOC(=O)C1=C(N)Oc2cc(C)[nH]c(=O)c2[C@H]1c1ccccc1Cl. The number of carbonyl (C=O) groups excluding carboxylic acids is 1. The second-order valence-corrected chi connectivity index (χ2v) is 6.02. The van der Waals surface area contributed by atoms with Crippen molar-refractivity contribution >= 4 is 17.6 Å². The third-order valence-electron chi connectivity index (χ3n) is 3.94. The monoisotopic (exact) mass is 360 g/mol. The number of fused-ring (bicyclic) bond motifs is 1. The van der Waals surface area contributed by atoms with Gasteiger partial charge in [-0.1, -0.05) is 29.8 Å². The van der Waals surface area contributed by atoms with Gasteiger partial charge in [-0.05, 0) is 25.5 Å². The Labute approximate surface area is 149 Å². The molecule has 0 spiro atoms. The Balaban J connectivity index is 2.30. The topological polar surface area (TPSA) is 94.4 Å². The molecule has 6 nitrogen and oxygen atoms in total. The third kappa shape index (κ3) is 3.00. The molecule has 3 N–H and O–H groups in total. The summed E-state index contributed by atoms with van der Waals surface area (Å²) in [5.41, 5.74) is 7.18. The van der Waals surface area contributed by atoms with Crippen molar-refractivity contribution in [1.29, 1.82) is 0 Å². The Bertz CT molecular complexity index is 933. The average Bonchev–Trinajstić information content (AvgIpc) is 2.53. The molecule has 0 unspecified atom stereocenters. The number of ether oxygens (including phenoxy) is 2. The second-order valence-electron chi connectivity index (χ2n) is 5.61. The number of H-pyrrole nitrogens is 1. The van der Waals surface area contributed by atoms with Gasteiger partial charge in [0.15, 0.2) is 0 Å². The summed E-state index contributed by atoms with van der Waals surface area (Å²) in [6.07, 6.45) is 0. The summed E-state index contributed by atoms with van der Waals surface area (Å²) in [5, 5.41) is 0.412. The molecule has 1 aliphatic heterocycles. The van der Waals surface area contributed by atoms with E-state index in [-0.39, 0.29) is 29.2 Å². The van der Waals surface area contributed by atoms with Crippen LogP contribution in [0.3, 0.4) is 0 Å². The summed E-state index contributed by atoms with van der Waals surface area (Å²) in [4.78, 5) is 27.8. The third-order valence-corrected chi connectivity index (χ3v) is 4.29. The van der Waals surface area contributed by atoms with Crippen LogP contribution in [0.4, 0.5) is 0 Å². The highest BCUT2D eigenvalue weighted by Crippen LogP contribution is 2.42. The standard InChI is InChI=1S/C18H17ClN2O4/c1-3-24-18(23)15-13(10-6-4-5-7-11(10)19)14-12(25-16(15)20)8-9(2)21-17(14)22/h4-8,13H,3,20H2,1-2H3,(H,21,22)/t13-/m1/s1. The molecule has 0 radical (unpaired) electrons. The number of halogens is 1. The molecule has 1 aromatic carbocycles. The van der Waals surface area contributed by atoms with E-state index in [0.717, 1.165) is 0 Å². The van der Waals surface area contributed by atoms with E-state index in [4.69, 9.17) is 26.8 Å². The van der Waals surface area contributed by atoms with Crippen LogP contribution in [0.25, 0.3) is 0 Å². The number of aromatic amines is 1. The maximum Gasteiger partial charge on any atom is 0.340 e. The van der Waals surface area contributed by atoms with Crippen molar-refractivity contribution in [3.05, 3.63) is 74.0 Å². The van der Waals surface area contributed by atoms with E-state index in [9.17, 15) is 9.59 Å². The molecule has 0 fully saturated rings. The first-order chi connectivity index (χ1) is 11.9. The van der Waals surface area contributed by atoms with Crippen molar-refractivity contribution in [3.63, 3.8) is 0 Å². The molecule has 7 heteroatoms. The highest BCUT2D eigenvalue weighted by molar-refractivity contribution is 6.31. The van der Waals surface area contributed by atoms with Crippen LogP contribution in [0.2, 0.25) is 5.02 Å². The fraction of sp³-hybridized carbons (Fsp3) is 0.222. The van der Waals surface area contributed by atoms with E-state index in [2.05, 4.69) is 4.98 Å². The minimum absolute atomic E-state index is 0.0665. The van der Waals surface area contributed by atoms with E-state index in [0.29, 0.717) is 22.0 Å². The van der Waals surface area contributed by atoms with E-state index in [1.54, 1.807) is 44.2 Å². The van der Waals surface area contributed by atoms with E-state index in [1.807, 2.05) is 0 Å². The van der Waals surface area contributed by atoms with Gasteiger partial charge in [0.2, 0.25) is 5.88 Å². The number of rotatable bonds is 3. The lowest BCUT2D eigenvalue weighted by Gasteiger charge is -2.28. The lowest BCUT2D eigenvalue weighted by atomic mass is 9.83. The van der Waals surface area contributed by atoms with Crippen molar-refractivity contribution in [1.82, 2.24) is 4.98 Å². The molecular weight excluding hydrogens is 344 g/mol. The normalized spacial score (nSPS) is 16.2. The summed E-state index contributed by atoms with van der Waals surface area (Å²) < 4.78 is 10.7. The highest BCUT2D eigenvalue weighted by atomic mass is 35.5. The number of aryl methyl sites for hydroxylation is 1. The van der Waals surface area contributed by atoms with Crippen molar-refractivity contribution in [2.75, 3.05) is 6.61 Å². The van der Waals surface area contributed by atoms with Crippen molar-refractivity contribution in [2.45, 2.75) is 19.8 Å². The van der Waals surface area contributed by atoms with Gasteiger partial charge in [0.25, 0.3) is 5.56 Å². The lowest BCUT2D eigenvalue weighted by molar-refractivity contribution is -0.139. The lowest BCUT2D eigenvalue weighted by Crippen LogP contribution is -2.32. The first kappa shape index (κ1) is 17.1. The first-order valence-electron chi connectivity index (χ1n) is 7.76. The largest absolute Gasteiger partial charge is 0.462 e. The predicted molar refractivity (Wildman–Crippen MR) is 93.6 cm³/mol. The van der Waals surface area contributed by atoms with Crippen molar-refractivity contribution in [2.24, 2.45) is 5.73 Å². The van der Waals surface area contributed by atoms with Gasteiger partial charge in [0.05, 0.1) is 18.1 Å². The molecule has 0 saturated heterocycles. The van der Waals surface area contributed by atoms with Crippen molar-refractivity contribution in [3.8, 4) is 5.75 Å². The van der Waals surface area contributed by atoms with Gasteiger partial charge in [-0.25, -0.2) is 4.79 Å². The molecule has 0 amide bonds. The highest BCUT2D eigenvalue weighted by Gasteiger charge is 2.38. The van der Waals surface area contributed by atoms with Crippen LogP contribution in [0.15, 0.2) is 46.6 Å². The zero-order chi connectivity index (χ0) is 18.1. The molecule has 0 bridgehead atoms. The summed E-state index contributed by atoms with van der Waals surface area (Å²) in [6, 6.07) is 8.64. The number of nitrogens with two attached hydrogens (primary N) is 1. The number of benzene rings is 1. The molecule has 3 rings (SSSR count). The summed E-state index contributed by atoms with van der Waals surface area (Å²) in [7, 11) is 0. The quantitative estimate of drug-likeness (QED) is 0.820. The summed E-state index contributed by atoms with van der Waals surface area (Å²) >= 11 is 6.33. The maximum atomic E-state index is 12.6. The van der Waals surface area contributed by atoms with Gasteiger partial charge in [-0.2, -0.15) is 0 Å². The van der Waals surface area contributed by atoms with Crippen LogP contribution in [0.1, 0.15) is 29.7 Å². The minimum Gasteiger partial charge on any atom is -0.462 e. The summed E-state index contributed by atoms with van der Waals surface area (Å²) in [5.74, 6) is -1.21. The number of aromatic nitrogens is 1. The van der Waals surface area contributed by atoms with Crippen LogP contribution in [-0.4, -0.2) is 17.6 Å². The number of nitrogens with one attached hydrogen (secondary N) is 1. The van der Waals surface area contributed by atoms with E-state index < -0.39 is 11.9 Å². The van der Waals surface area contributed by atoms with E-state index in [1.165, 1.54) is 0 Å². The summed E-state index contributed by atoms with van der Waals surface area (Å²) in [6.45, 7) is 3.59. The maximum absolute atomic E-state index is 12.6. The fourth-order valence-corrected chi connectivity index (χ4v) is 3.18. The van der Waals surface area contributed by atoms with E-state index >= 15 is 0 Å². The second kappa shape index (κ2) is 6.64. The number of carbonyl (C=O) groups is 1. The molecule has 2 aromatic rings. The molecule has 0 saturated carbocycles. The number of esters is 1. The Hall–Kier alpha value is -2.73. The van der Waals surface area contributed by atoms with Crippen LogP contribution in [0, 0.1) is 6.92 Å². The molecule has 25 heavy (non-hydrogen) atoms. The smallest absolute Gasteiger partial charge is 0.340 e. The number of pyridine rings is 1.